The van der Waals surface area contributed by atoms with Crippen molar-refractivity contribution in [2.75, 3.05) is 6.26 Å². The molecule has 0 N–H and O–H groups in total. The Kier molecular flexibility index (Phi) is 1.80. The Bertz CT molecular complexity index is 144. The summed E-state index contributed by atoms with van der Waals surface area (Å²) >= 11 is 2.27. The molecule has 0 spiro atoms. The van der Waals surface area contributed by atoms with Crippen LogP contribution in [0.1, 0.15) is 0 Å². The largest absolute Gasteiger partial charge is 0.329 e. The van der Waals surface area contributed by atoms with Crippen molar-refractivity contribution in [3.8, 4) is 0 Å². The quantitative estimate of drug-likeness (QED) is 0.482. The van der Waals surface area contributed by atoms with E-state index in [-0.39, 0.29) is 5.24 Å². The Morgan fingerprint density at radius 2 is 2.50 bits per heavy atom. The average molecular weight is 147 g/mol. The third-order valence-electron chi connectivity index (χ3n) is 0.571. The van der Waals surface area contributed by atoms with Crippen LogP contribution >= 0.6 is 23.7 Å². The third kappa shape index (κ3) is 1.16. The molecule has 0 bridgehead atoms. The molecule has 3 nitrogen and oxygen atoms in total. The summed E-state index contributed by atoms with van der Waals surface area (Å²) in [5.74, 6) is 0. The molecular formula is C3H3N2OS2. The van der Waals surface area contributed by atoms with E-state index in [1.54, 1.807) is 0 Å². The lowest BCUT2D eigenvalue weighted by molar-refractivity contribution is 0.264. The zero-order valence-corrected chi connectivity index (χ0v) is 5.75. The van der Waals surface area contributed by atoms with Crippen LogP contribution in [-0.4, -0.2) is 16.7 Å². The van der Waals surface area contributed by atoms with Crippen LogP contribution in [0.25, 0.3) is 0 Å². The maximum Gasteiger partial charge on any atom is 0.329 e. The standard InChI is InChI=1S/C3H3N2OS2/c1-7-2-4-3(6)8-5-2/h1H3. The van der Waals surface area contributed by atoms with Crippen molar-refractivity contribution in [2.24, 2.45) is 4.40 Å². The SMILES string of the molecule is CSC1=NSC(=O)[N]1. The van der Waals surface area contributed by atoms with E-state index in [1.165, 1.54) is 11.8 Å². The molecule has 0 atom stereocenters. The fourth-order valence-corrected chi connectivity index (χ4v) is 1.25. The van der Waals surface area contributed by atoms with Crippen LogP contribution in [0.2, 0.25) is 0 Å². The monoisotopic (exact) mass is 147 g/mol. The first kappa shape index (κ1) is 5.97. The van der Waals surface area contributed by atoms with Gasteiger partial charge in [-0.3, -0.25) is 4.79 Å². The second-order valence-electron chi connectivity index (χ2n) is 1.05. The van der Waals surface area contributed by atoms with Gasteiger partial charge in [-0.15, -0.1) is 0 Å². The zero-order chi connectivity index (χ0) is 5.98. The molecule has 0 saturated heterocycles. The van der Waals surface area contributed by atoms with Gasteiger partial charge >= 0.3 is 5.24 Å². The van der Waals surface area contributed by atoms with Gasteiger partial charge in [-0.2, -0.15) is 9.71 Å². The average Bonchev–Trinajstić information content (AvgIpc) is 2.14. The van der Waals surface area contributed by atoms with Crippen molar-refractivity contribution >= 4 is 34.1 Å². The second kappa shape index (κ2) is 2.41. The van der Waals surface area contributed by atoms with E-state index in [2.05, 4.69) is 9.71 Å². The van der Waals surface area contributed by atoms with Crippen molar-refractivity contribution in [2.45, 2.75) is 0 Å². The second-order valence-corrected chi connectivity index (χ2v) is 2.53. The molecule has 5 heteroatoms. The number of amidine groups is 1. The van der Waals surface area contributed by atoms with Gasteiger partial charge < -0.3 is 0 Å². The predicted octanol–water partition coefficient (Wildman–Crippen LogP) is 1.09. The molecule has 1 aliphatic rings. The van der Waals surface area contributed by atoms with E-state index in [0.717, 1.165) is 11.9 Å². The van der Waals surface area contributed by atoms with Gasteiger partial charge in [0.15, 0.2) is 5.17 Å². The minimum atomic E-state index is -0.214. The Hall–Kier alpha value is -0.160. The van der Waals surface area contributed by atoms with E-state index in [0.29, 0.717) is 5.17 Å². The molecule has 0 unspecified atom stereocenters. The number of amides is 1. The molecule has 1 aliphatic heterocycles. The maximum atomic E-state index is 10.3. The molecule has 0 aromatic carbocycles. The highest BCUT2D eigenvalue weighted by molar-refractivity contribution is 8.18. The van der Waals surface area contributed by atoms with Crippen LogP contribution in [-0.2, 0) is 0 Å². The number of rotatable bonds is 0. The van der Waals surface area contributed by atoms with E-state index in [4.69, 9.17) is 0 Å². The topological polar surface area (TPSA) is 43.5 Å². The normalized spacial score (nSPS) is 18.1. The van der Waals surface area contributed by atoms with Crippen molar-refractivity contribution in [1.29, 1.82) is 0 Å². The lowest BCUT2D eigenvalue weighted by Crippen LogP contribution is -2.07. The molecule has 43 valence electrons. The number of carbonyl (C=O) groups excluding carboxylic acids is 1. The third-order valence-corrected chi connectivity index (χ3v) is 1.75. The lowest BCUT2D eigenvalue weighted by Gasteiger charge is -1.83. The summed E-state index contributed by atoms with van der Waals surface area (Å²) in [5, 5.41) is 3.90. The maximum absolute atomic E-state index is 10.3. The van der Waals surface area contributed by atoms with Gasteiger partial charge in [0.1, 0.15) is 0 Å². The van der Waals surface area contributed by atoms with Crippen molar-refractivity contribution in [3.63, 3.8) is 0 Å². The summed E-state index contributed by atoms with van der Waals surface area (Å²) in [5.41, 5.74) is 0. The van der Waals surface area contributed by atoms with Crippen LogP contribution in [0.15, 0.2) is 4.40 Å². The summed E-state index contributed by atoms with van der Waals surface area (Å²) in [6.45, 7) is 0. The number of hydrogen-bond acceptors (Lipinski definition) is 4. The first-order valence-electron chi connectivity index (χ1n) is 1.87. The molecule has 0 fully saturated rings. The molecule has 1 rings (SSSR count). The predicted molar refractivity (Wildman–Crippen MR) is 36.1 cm³/mol. The van der Waals surface area contributed by atoms with Crippen LogP contribution in [0.3, 0.4) is 0 Å². The lowest BCUT2D eigenvalue weighted by atomic mass is 11.1. The van der Waals surface area contributed by atoms with E-state index in [9.17, 15) is 4.79 Å². The fourth-order valence-electron chi connectivity index (χ4n) is 0.280. The molecular weight excluding hydrogens is 144 g/mol. The molecule has 0 aromatic heterocycles. The Labute approximate surface area is 55.5 Å². The van der Waals surface area contributed by atoms with Gasteiger partial charge in [0.2, 0.25) is 0 Å². The van der Waals surface area contributed by atoms with Gasteiger partial charge in [0.25, 0.3) is 0 Å². The summed E-state index contributed by atoms with van der Waals surface area (Å²) in [6.07, 6.45) is 1.83. The molecule has 1 heterocycles. The highest BCUT2D eigenvalue weighted by Crippen LogP contribution is 2.16. The summed E-state index contributed by atoms with van der Waals surface area (Å²) in [6, 6.07) is 0. The van der Waals surface area contributed by atoms with Crippen molar-refractivity contribution in [1.82, 2.24) is 5.32 Å². The van der Waals surface area contributed by atoms with E-state index in [1.807, 2.05) is 6.26 Å². The smallest absolute Gasteiger partial charge is 0.257 e. The zero-order valence-electron chi connectivity index (χ0n) is 4.12. The molecule has 1 radical (unpaired) electrons. The van der Waals surface area contributed by atoms with Gasteiger partial charge in [0.05, 0.1) is 11.9 Å². The summed E-state index contributed by atoms with van der Waals surface area (Å²) in [7, 11) is 0. The van der Waals surface area contributed by atoms with Gasteiger partial charge in [0, 0.05) is 0 Å². The molecule has 0 aromatic rings. The number of hydrogen-bond donors (Lipinski definition) is 0. The summed E-state index contributed by atoms with van der Waals surface area (Å²) in [4.78, 5) is 10.3. The van der Waals surface area contributed by atoms with Crippen LogP contribution in [0, 0.1) is 0 Å². The minimum Gasteiger partial charge on any atom is -0.257 e. The van der Waals surface area contributed by atoms with E-state index < -0.39 is 0 Å². The number of carbonyl (C=O) groups is 1. The number of thioether (sulfide) groups is 1. The van der Waals surface area contributed by atoms with Crippen LogP contribution < -0.4 is 5.32 Å². The highest BCUT2D eigenvalue weighted by atomic mass is 32.2. The van der Waals surface area contributed by atoms with E-state index >= 15 is 0 Å². The minimum absolute atomic E-state index is 0.214. The van der Waals surface area contributed by atoms with Crippen LogP contribution in [0.5, 0.6) is 0 Å². The highest BCUT2D eigenvalue weighted by Gasteiger charge is 2.15. The number of nitrogens with zero attached hydrogens (tertiary/aromatic N) is 2. The Morgan fingerprint density at radius 1 is 1.75 bits per heavy atom. The molecule has 0 saturated carbocycles. The van der Waals surface area contributed by atoms with Gasteiger partial charge in [-0.1, -0.05) is 11.8 Å². The van der Waals surface area contributed by atoms with Crippen LogP contribution in [0.4, 0.5) is 4.79 Å². The first-order chi connectivity index (χ1) is 3.83. The van der Waals surface area contributed by atoms with Crippen molar-refractivity contribution < 1.29 is 4.79 Å². The first-order valence-corrected chi connectivity index (χ1v) is 3.87. The Balaban J connectivity index is 2.49. The molecule has 8 heavy (non-hydrogen) atoms. The Morgan fingerprint density at radius 3 is 2.75 bits per heavy atom. The summed E-state index contributed by atoms with van der Waals surface area (Å²) < 4.78 is 3.72. The van der Waals surface area contributed by atoms with Gasteiger partial charge in [-0.05, 0) is 6.26 Å². The van der Waals surface area contributed by atoms with Gasteiger partial charge in [-0.25, -0.2) is 0 Å². The molecule has 1 amide bonds. The fraction of sp³-hybridized carbons (Fsp3) is 0.333. The molecule has 0 aliphatic carbocycles. The van der Waals surface area contributed by atoms with Crippen molar-refractivity contribution in [3.05, 3.63) is 0 Å².